The molecular weight excluding hydrogens is 304 g/mol. The Bertz CT molecular complexity index is 777. The molecule has 19 heavy (non-hydrogen) atoms. The second-order valence-electron chi connectivity index (χ2n) is 4.27. The number of imidazole rings is 1. The minimum absolute atomic E-state index is 0.0707. The van der Waals surface area contributed by atoms with E-state index in [-0.39, 0.29) is 5.91 Å². The van der Waals surface area contributed by atoms with E-state index in [9.17, 15) is 4.79 Å². The fourth-order valence-corrected chi connectivity index (χ4v) is 2.61. The van der Waals surface area contributed by atoms with Crippen LogP contribution in [0.2, 0.25) is 0 Å². The second-order valence-corrected chi connectivity index (χ2v) is 5.12. The number of halogens is 1. The van der Waals surface area contributed by atoms with Crippen molar-refractivity contribution in [2.45, 2.75) is 6.92 Å². The number of hydrogen-bond acceptors (Lipinski definition) is 2. The topological polar surface area (TPSA) is 34.9 Å². The van der Waals surface area contributed by atoms with Gasteiger partial charge in [-0.25, -0.2) is 4.98 Å². The Hall–Kier alpha value is -1.94. The number of carbonyl (C=O) groups is 1. The molecule has 0 N–H and O–H groups in total. The minimum atomic E-state index is -0.0707. The number of aryl methyl sites for hydroxylation is 1. The van der Waals surface area contributed by atoms with E-state index in [0.29, 0.717) is 11.4 Å². The van der Waals surface area contributed by atoms with E-state index in [1.54, 1.807) is 10.6 Å². The lowest BCUT2D eigenvalue weighted by atomic mass is 10.2. The van der Waals surface area contributed by atoms with Crippen LogP contribution in [0.5, 0.6) is 0 Å². The largest absolute Gasteiger partial charge is 0.268 e. The number of nitrogens with zero attached hydrogens (tertiary/aromatic N) is 2. The fourth-order valence-electron chi connectivity index (χ4n) is 2.16. The van der Waals surface area contributed by atoms with Gasteiger partial charge in [0.25, 0.3) is 5.91 Å². The van der Waals surface area contributed by atoms with Gasteiger partial charge < -0.3 is 0 Å². The standard InChI is InChI=1S/C15H11BrN2O/c1-10-17-13-8-4-5-9-14(13)18(10)15(19)11-6-2-3-7-12(11)16/h2-9H,1H3. The smallest absolute Gasteiger partial charge is 0.264 e. The molecule has 2 aromatic carbocycles. The molecule has 0 saturated carbocycles. The Morgan fingerprint density at radius 3 is 2.58 bits per heavy atom. The van der Waals surface area contributed by atoms with E-state index in [4.69, 9.17) is 0 Å². The van der Waals surface area contributed by atoms with Gasteiger partial charge >= 0.3 is 0 Å². The lowest BCUT2D eigenvalue weighted by molar-refractivity contribution is 0.0961. The quantitative estimate of drug-likeness (QED) is 0.685. The molecule has 0 aliphatic heterocycles. The highest BCUT2D eigenvalue weighted by Gasteiger charge is 2.17. The summed E-state index contributed by atoms with van der Waals surface area (Å²) < 4.78 is 2.44. The second kappa shape index (κ2) is 4.63. The van der Waals surface area contributed by atoms with Crippen molar-refractivity contribution in [1.29, 1.82) is 0 Å². The maximum Gasteiger partial charge on any atom is 0.264 e. The van der Waals surface area contributed by atoms with Gasteiger partial charge in [-0.15, -0.1) is 0 Å². The SMILES string of the molecule is Cc1nc2ccccc2n1C(=O)c1ccccc1Br. The Morgan fingerprint density at radius 1 is 1.11 bits per heavy atom. The molecule has 0 atom stereocenters. The molecule has 0 fully saturated rings. The highest BCUT2D eigenvalue weighted by atomic mass is 79.9. The molecule has 0 aliphatic carbocycles. The zero-order chi connectivity index (χ0) is 13.4. The molecule has 0 spiro atoms. The van der Waals surface area contributed by atoms with Gasteiger partial charge in [0.05, 0.1) is 16.6 Å². The number of benzene rings is 2. The van der Waals surface area contributed by atoms with Crippen LogP contribution in [0.4, 0.5) is 0 Å². The normalized spacial score (nSPS) is 10.8. The van der Waals surface area contributed by atoms with E-state index >= 15 is 0 Å². The van der Waals surface area contributed by atoms with Crippen molar-refractivity contribution in [3.05, 3.63) is 64.4 Å². The van der Waals surface area contributed by atoms with Crippen molar-refractivity contribution in [1.82, 2.24) is 9.55 Å². The number of para-hydroxylation sites is 2. The molecule has 0 unspecified atom stereocenters. The zero-order valence-corrected chi connectivity index (χ0v) is 11.9. The summed E-state index contributed by atoms with van der Waals surface area (Å²) >= 11 is 3.42. The van der Waals surface area contributed by atoms with Gasteiger partial charge in [-0.1, -0.05) is 24.3 Å². The van der Waals surface area contributed by atoms with Crippen molar-refractivity contribution >= 4 is 32.9 Å². The van der Waals surface area contributed by atoms with E-state index in [0.717, 1.165) is 15.5 Å². The van der Waals surface area contributed by atoms with Crippen LogP contribution in [0.3, 0.4) is 0 Å². The average Bonchev–Trinajstić information content (AvgIpc) is 2.74. The van der Waals surface area contributed by atoms with Gasteiger partial charge in [-0.3, -0.25) is 9.36 Å². The monoisotopic (exact) mass is 314 g/mol. The van der Waals surface area contributed by atoms with Crippen LogP contribution in [-0.2, 0) is 0 Å². The first-order valence-corrected chi connectivity index (χ1v) is 6.71. The molecule has 94 valence electrons. The molecule has 0 amide bonds. The van der Waals surface area contributed by atoms with Crippen molar-refractivity contribution in [3.63, 3.8) is 0 Å². The van der Waals surface area contributed by atoms with Gasteiger partial charge in [0.2, 0.25) is 0 Å². The third-order valence-corrected chi connectivity index (χ3v) is 3.73. The van der Waals surface area contributed by atoms with Crippen LogP contribution in [-0.4, -0.2) is 15.5 Å². The Balaban J connectivity index is 2.23. The number of rotatable bonds is 1. The van der Waals surface area contributed by atoms with Crippen LogP contribution in [0.1, 0.15) is 16.2 Å². The van der Waals surface area contributed by atoms with Gasteiger partial charge in [-0.05, 0) is 47.1 Å². The van der Waals surface area contributed by atoms with Crippen LogP contribution in [0.15, 0.2) is 53.0 Å². The number of fused-ring (bicyclic) bond motifs is 1. The number of carbonyl (C=O) groups excluding carboxylic acids is 1. The molecule has 1 heterocycles. The highest BCUT2D eigenvalue weighted by molar-refractivity contribution is 9.10. The predicted molar refractivity (Wildman–Crippen MR) is 78.3 cm³/mol. The van der Waals surface area contributed by atoms with Gasteiger partial charge in [0, 0.05) is 4.47 Å². The molecule has 1 aromatic heterocycles. The maximum absolute atomic E-state index is 12.7. The average molecular weight is 315 g/mol. The number of aromatic nitrogens is 2. The van der Waals surface area contributed by atoms with Crippen molar-refractivity contribution in [3.8, 4) is 0 Å². The molecule has 3 nitrogen and oxygen atoms in total. The third-order valence-electron chi connectivity index (χ3n) is 3.04. The molecule has 0 bridgehead atoms. The Labute approximate surface area is 119 Å². The molecule has 0 saturated heterocycles. The molecule has 4 heteroatoms. The van der Waals surface area contributed by atoms with Crippen LogP contribution >= 0.6 is 15.9 Å². The molecule has 0 aliphatic rings. The summed E-state index contributed by atoms with van der Waals surface area (Å²) in [6, 6.07) is 15.1. The molecule has 3 aromatic rings. The fraction of sp³-hybridized carbons (Fsp3) is 0.0667. The molecule has 0 radical (unpaired) electrons. The minimum Gasteiger partial charge on any atom is -0.268 e. The molecular formula is C15H11BrN2O. The van der Waals surface area contributed by atoms with Crippen LogP contribution < -0.4 is 0 Å². The first kappa shape index (κ1) is 12.1. The summed E-state index contributed by atoms with van der Waals surface area (Å²) in [6.07, 6.45) is 0. The van der Waals surface area contributed by atoms with Crippen molar-refractivity contribution in [2.75, 3.05) is 0 Å². The summed E-state index contributed by atoms with van der Waals surface area (Å²) in [7, 11) is 0. The van der Waals surface area contributed by atoms with E-state index in [1.165, 1.54) is 0 Å². The summed E-state index contributed by atoms with van der Waals surface area (Å²) in [4.78, 5) is 17.1. The highest BCUT2D eigenvalue weighted by Crippen LogP contribution is 2.21. The van der Waals surface area contributed by atoms with Gasteiger partial charge in [-0.2, -0.15) is 0 Å². The van der Waals surface area contributed by atoms with Gasteiger partial charge in [0.15, 0.2) is 0 Å². The lowest BCUT2D eigenvalue weighted by Crippen LogP contribution is -2.14. The van der Waals surface area contributed by atoms with E-state index in [2.05, 4.69) is 20.9 Å². The Morgan fingerprint density at radius 2 is 1.79 bits per heavy atom. The molecule has 3 rings (SSSR count). The summed E-state index contributed by atoms with van der Waals surface area (Å²) in [5, 5.41) is 0. The van der Waals surface area contributed by atoms with Crippen LogP contribution in [0.25, 0.3) is 11.0 Å². The summed E-state index contributed by atoms with van der Waals surface area (Å²) in [5.74, 6) is 0.626. The summed E-state index contributed by atoms with van der Waals surface area (Å²) in [6.45, 7) is 1.84. The third kappa shape index (κ3) is 1.98. The number of hydrogen-bond donors (Lipinski definition) is 0. The first-order chi connectivity index (χ1) is 9.18. The zero-order valence-electron chi connectivity index (χ0n) is 10.3. The van der Waals surface area contributed by atoms with E-state index in [1.807, 2.05) is 49.4 Å². The maximum atomic E-state index is 12.7. The summed E-state index contributed by atoms with van der Waals surface area (Å²) in [5.41, 5.74) is 2.30. The predicted octanol–water partition coefficient (Wildman–Crippen LogP) is 3.80. The van der Waals surface area contributed by atoms with Crippen molar-refractivity contribution < 1.29 is 4.79 Å². The van der Waals surface area contributed by atoms with Gasteiger partial charge in [0.1, 0.15) is 5.82 Å². The lowest BCUT2D eigenvalue weighted by Gasteiger charge is -2.07. The van der Waals surface area contributed by atoms with E-state index < -0.39 is 0 Å². The Kier molecular flexibility index (Phi) is 2.95. The van der Waals surface area contributed by atoms with Crippen molar-refractivity contribution in [2.24, 2.45) is 0 Å². The van der Waals surface area contributed by atoms with Crippen LogP contribution in [0, 0.1) is 6.92 Å². The first-order valence-electron chi connectivity index (χ1n) is 5.92.